The number of allylic oxidation sites excluding steroid dienone is 2. The molecule has 1 fully saturated rings. The third kappa shape index (κ3) is 17.8. The van der Waals surface area contributed by atoms with Crippen LogP contribution in [0.25, 0.3) is 0 Å². The molecule has 0 amide bonds. The van der Waals surface area contributed by atoms with Gasteiger partial charge in [-0.25, -0.2) is 0 Å². The van der Waals surface area contributed by atoms with Gasteiger partial charge in [-0.2, -0.15) is 0 Å². The third-order valence-electron chi connectivity index (χ3n) is 13.9. The fraction of sp³-hybridized carbons (Fsp3) is 0.840. The van der Waals surface area contributed by atoms with Gasteiger partial charge in [-0.1, -0.05) is 86.6 Å². The number of ether oxygens (including phenoxy) is 7. The van der Waals surface area contributed by atoms with E-state index >= 15 is 0 Å². The molecule has 11 nitrogen and oxygen atoms in total. The van der Waals surface area contributed by atoms with Crippen molar-refractivity contribution in [2.75, 3.05) is 13.2 Å². The molecule has 2 heterocycles. The van der Waals surface area contributed by atoms with Gasteiger partial charge in [0.25, 0.3) is 0 Å². The first-order valence-corrected chi connectivity index (χ1v) is 29.8. The molecule has 2 aliphatic heterocycles. The maximum atomic E-state index is 14.1. The molecule has 63 heavy (non-hydrogen) atoms. The fourth-order valence-corrected chi connectivity index (χ4v) is 15.3. The van der Waals surface area contributed by atoms with E-state index in [9.17, 15) is 9.59 Å². The van der Waals surface area contributed by atoms with Crippen molar-refractivity contribution < 1.29 is 51.6 Å². The average molecular weight is 925 g/mol. The maximum absolute atomic E-state index is 14.1. The number of rotatable bonds is 27. The van der Waals surface area contributed by atoms with E-state index in [1.807, 2.05) is 72.8 Å². The van der Waals surface area contributed by atoms with Crippen LogP contribution in [0.4, 0.5) is 0 Å². The Balaban J connectivity index is 2.55. The molecule has 12 unspecified atom stereocenters. The van der Waals surface area contributed by atoms with E-state index in [2.05, 4.69) is 68.4 Å². The fourth-order valence-electron chi connectivity index (χ4n) is 9.41. The zero-order chi connectivity index (χ0) is 47.6. The van der Waals surface area contributed by atoms with Crippen LogP contribution in [0.2, 0.25) is 36.3 Å². The van der Waals surface area contributed by atoms with Crippen LogP contribution in [0, 0.1) is 11.8 Å². The topological polar surface area (TPSA) is 121 Å². The molecule has 0 radical (unpaired) electrons. The van der Waals surface area contributed by atoms with Crippen LogP contribution in [0.15, 0.2) is 36.0 Å². The van der Waals surface area contributed by atoms with Gasteiger partial charge in [0.05, 0.1) is 30.3 Å². The van der Waals surface area contributed by atoms with Crippen molar-refractivity contribution in [3.63, 3.8) is 0 Å². The molecule has 12 atom stereocenters. The zero-order valence-electron chi connectivity index (χ0n) is 42.8. The maximum Gasteiger partial charge on any atom is 0.308 e. The van der Waals surface area contributed by atoms with E-state index in [0.717, 1.165) is 48.3 Å². The number of esters is 2. The molecule has 366 valence electrons. The second kappa shape index (κ2) is 27.2. The first-order valence-electron chi connectivity index (χ1n) is 24.7. The molecule has 0 aromatic carbocycles. The molecule has 0 spiro atoms. The van der Waals surface area contributed by atoms with Gasteiger partial charge in [0.15, 0.2) is 29.2 Å². The summed E-state index contributed by atoms with van der Waals surface area (Å²) in [6.45, 7) is 36.0. The number of hydrogen-bond donors (Lipinski definition) is 0. The van der Waals surface area contributed by atoms with Crippen LogP contribution in [-0.4, -0.2) is 102 Å². The van der Waals surface area contributed by atoms with E-state index in [-0.39, 0.29) is 42.5 Å². The first-order chi connectivity index (χ1) is 29.7. The second-order valence-electron chi connectivity index (χ2n) is 18.6. The van der Waals surface area contributed by atoms with Crippen molar-refractivity contribution in [1.82, 2.24) is 0 Å². The molecule has 0 aromatic rings. The molecule has 0 N–H and O–H groups in total. The van der Waals surface area contributed by atoms with E-state index in [4.69, 9.17) is 42.0 Å². The lowest BCUT2D eigenvalue weighted by atomic mass is 9.88. The summed E-state index contributed by atoms with van der Waals surface area (Å²) in [5, 5.41) is 0. The summed E-state index contributed by atoms with van der Waals surface area (Å²) in [6, 6.07) is 6.20. The van der Waals surface area contributed by atoms with E-state index in [0.29, 0.717) is 32.5 Å². The van der Waals surface area contributed by atoms with E-state index in [1.165, 1.54) is 6.92 Å². The standard InChI is InChI=1S/C50H92O11Si2/c1-18-43(61-63(24-7,25-8)26-9)38(12)48-44(56-48)35-49(16,58-40(14)53-19-2)32-27-28-36(10)47-37(11)29-30-45(55-39(13)51)50(17,59-41(15)54-20-3)33-31-42(34-46(52)57-47)60-62(21-4,22-5)23-6/h27-30,32,37-38,40-45,47-48H,18-26,31,33-35H2,1-17H3/b30-29-,32-27+,36-28+. The summed E-state index contributed by atoms with van der Waals surface area (Å²) in [5.41, 5.74) is -0.830. The van der Waals surface area contributed by atoms with Crippen LogP contribution in [0.3, 0.4) is 0 Å². The van der Waals surface area contributed by atoms with Crippen molar-refractivity contribution in [3.05, 3.63) is 36.0 Å². The second-order valence-corrected chi connectivity index (χ2v) is 28.0. The van der Waals surface area contributed by atoms with E-state index in [1.54, 1.807) is 0 Å². The van der Waals surface area contributed by atoms with Crippen LogP contribution < -0.4 is 0 Å². The molecule has 0 aliphatic carbocycles. The Morgan fingerprint density at radius 1 is 0.905 bits per heavy atom. The van der Waals surface area contributed by atoms with Crippen LogP contribution in [0.5, 0.6) is 0 Å². The number of cyclic esters (lactones) is 1. The molecular formula is C50H92O11Si2. The van der Waals surface area contributed by atoms with Gasteiger partial charge in [0, 0.05) is 44.5 Å². The first kappa shape index (κ1) is 57.4. The Kier molecular flexibility index (Phi) is 24.8. The highest BCUT2D eigenvalue weighted by molar-refractivity contribution is 6.74. The van der Waals surface area contributed by atoms with Gasteiger partial charge in [-0.05, 0) is 116 Å². The van der Waals surface area contributed by atoms with Crippen LogP contribution in [-0.2, 0) is 51.6 Å². The van der Waals surface area contributed by atoms with Crippen LogP contribution >= 0.6 is 0 Å². The lowest BCUT2D eigenvalue weighted by molar-refractivity contribution is -0.227. The summed E-state index contributed by atoms with van der Waals surface area (Å²) in [5.74, 6) is -0.756. The quantitative estimate of drug-likeness (QED) is 0.0195. The van der Waals surface area contributed by atoms with E-state index < -0.39 is 64.7 Å². The lowest BCUT2D eigenvalue weighted by Gasteiger charge is -2.40. The van der Waals surface area contributed by atoms with Gasteiger partial charge < -0.3 is 42.0 Å². The highest BCUT2D eigenvalue weighted by Crippen LogP contribution is 2.41. The Labute approximate surface area is 386 Å². The lowest BCUT2D eigenvalue weighted by Crippen LogP contribution is -2.48. The Hall–Kier alpha value is -1.69. The summed E-state index contributed by atoms with van der Waals surface area (Å²) < 4.78 is 57.7. The Morgan fingerprint density at radius 2 is 1.49 bits per heavy atom. The molecule has 2 rings (SSSR count). The minimum Gasteiger partial charge on any atom is -0.457 e. The monoisotopic (exact) mass is 925 g/mol. The van der Waals surface area contributed by atoms with Crippen molar-refractivity contribution in [3.8, 4) is 0 Å². The smallest absolute Gasteiger partial charge is 0.308 e. The normalized spacial score (nSPS) is 28.8. The molecule has 0 bridgehead atoms. The Bertz CT molecular complexity index is 1430. The summed E-state index contributed by atoms with van der Waals surface area (Å²) >= 11 is 0. The van der Waals surface area contributed by atoms with Crippen LogP contribution in [0.1, 0.15) is 150 Å². The molecule has 1 saturated heterocycles. The zero-order valence-corrected chi connectivity index (χ0v) is 44.8. The van der Waals surface area contributed by atoms with Gasteiger partial charge in [-0.3, -0.25) is 9.59 Å². The summed E-state index contributed by atoms with van der Waals surface area (Å²) in [4.78, 5) is 26.7. The molecule has 13 heteroatoms. The van der Waals surface area contributed by atoms with Gasteiger partial charge >= 0.3 is 11.9 Å². The number of epoxide rings is 1. The largest absolute Gasteiger partial charge is 0.457 e. The number of carbonyl (C=O) groups excluding carboxylic acids is 2. The third-order valence-corrected chi connectivity index (χ3v) is 23.3. The predicted molar refractivity (Wildman–Crippen MR) is 259 cm³/mol. The molecule has 0 saturated carbocycles. The SMILES string of the molecule is CCOC(C)OC(C)(/C=C/C=C(\C)C1OC(=O)CC(O[Si](CC)(CC)CC)CCC(C)(OC(C)OCC)C(OC(C)=O)/C=C\C1C)CC1OC1C(C)C(CC)O[Si](CC)(CC)CC. The van der Waals surface area contributed by atoms with Gasteiger partial charge in [-0.15, -0.1) is 0 Å². The molecule has 0 aromatic heterocycles. The average Bonchev–Trinajstić information content (AvgIpc) is 4.00. The van der Waals surface area contributed by atoms with Crippen molar-refractivity contribution in [2.24, 2.45) is 11.8 Å². The van der Waals surface area contributed by atoms with Gasteiger partial charge in [0.2, 0.25) is 0 Å². The minimum absolute atomic E-state index is 0.0195. The summed E-state index contributed by atoms with van der Waals surface area (Å²) in [7, 11) is -3.91. The molecule has 2 aliphatic rings. The molecular weight excluding hydrogens is 833 g/mol. The van der Waals surface area contributed by atoms with Crippen molar-refractivity contribution in [2.45, 2.75) is 246 Å². The van der Waals surface area contributed by atoms with Gasteiger partial charge in [0.1, 0.15) is 17.8 Å². The minimum atomic E-state index is -2.13. The Morgan fingerprint density at radius 3 is 2.03 bits per heavy atom. The highest BCUT2D eigenvalue weighted by atomic mass is 28.4. The number of hydrogen-bond acceptors (Lipinski definition) is 11. The predicted octanol–water partition coefficient (Wildman–Crippen LogP) is 12.0. The highest BCUT2D eigenvalue weighted by Gasteiger charge is 2.50. The summed E-state index contributed by atoms with van der Waals surface area (Å²) in [6.07, 6.45) is 10.1. The number of carbonyl (C=O) groups is 2. The van der Waals surface area contributed by atoms with Crippen molar-refractivity contribution in [1.29, 1.82) is 0 Å². The van der Waals surface area contributed by atoms with Crippen molar-refractivity contribution >= 4 is 28.6 Å².